The lowest BCUT2D eigenvalue weighted by atomic mass is 10.0. The maximum absolute atomic E-state index is 9.59. The lowest BCUT2D eigenvalue weighted by Crippen LogP contribution is -2.24. The molecule has 5 heteroatoms. The van der Waals surface area contributed by atoms with Crippen LogP contribution in [0.4, 0.5) is 0 Å². The number of methoxy groups -OCH3 is 1. The summed E-state index contributed by atoms with van der Waals surface area (Å²) in [4.78, 5) is 0. The molecule has 0 saturated carbocycles. The highest BCUT2D eigenvalue weighted by atomic mass is 16.5. The molecule has 0 radical (unpaired) electrons. The maximum Gasteiger partial charge on any atom is 0.124 e. The van der Waals surface area contributed by atoms with Crippen molar-refractivity contribution in [2.45, 2.75) is 122 Å². The molecular formula is C30H51NO4. The lowest BCUT2D eigenvalue weighted by molar-refractivity contribution is -0.0506. The fourth-order valence-corrected chi connectivity index (χ4v) is 4.29. The van der Waals surface area contributed by atoms with Crippen molar-refractivity contribution in [2.24, 2.45) is 0 Å². The van der Waals surface area contributed by atoms with Crippen molar-refractivity contribution in [1.29, 1.82) is 5.26 Å². The molecule has 5 nitrogen and oxygen atoms in total. The largest absolute Gasteiger partial charge is 0.496 e. The number of aliphatic hydroxyl groups excluding tert-OH is 1. The highest BCUT2D eigenvalue weighted by Crippen LogP contribution is 2.21. The maximum atomic E-state index is 9.59. The Bertz CT molecular complexity index is 658. The summed E-state index contributed by atoms with van der Waals surface area (Å²) in [5.41, 5.74) is 1.35. The standard InChI is InChI=1S/C30H51NO4/c1-3-4-5-6-7-8-9-10-11-12-13-14-15-16-17-18-21-34-26-29(24-32)35-25-28-22-27(23-31)19-20-30(28)33-2/h19-20,22,29,32H,3-18,21,24-26H2,1-2H3. The van der Waals surface area contributed by atoms with Crippen LogP contribution < -0.4 is 4.74 Å². The number of aliphatic hydroxyl groups is 1. The van der Waals surface area contributed by atoms with Crippen LogP contribution in [0.2, 0.25) is 0 Å². The molecule has 0 aliphatic heterocycles. The number of ether oxygens (including phenoxy) is 3. The zero-order valence-electron chi connectivity index (χ0n) is 22.6. The van der Waals surface area contributed by atoms with Gasteiger partial charge in [0.05, 0.1) is 38.6 Å². The molecule has 0 fully saturated rings. The molecule has 0 aromatic heterocycles. The van der Waals surface area contributed by atoms with Crippen molar-refractivity contribution in [3.63, 3.8) is 0 Å². The van der Waals surface area contributed by atoms with E-state index in [9.17, 15) is 5.11 Å². The summed E-state index contributed by atoms with van der Waals surface area (Å²) in [7, 11) is 1.59. The minimum Gasteiger partial charge on any atom is -0.496 e. The summed E-state index contributed by atoms with van der Waals surface area (Å²) < 4.78 is 16.8. The topological polar surface area (TPSA) is 71.7 Å². The average Bonchev–Trinajstić information content (AvgIpc) is 2.89. The average molecular weight is 490 g/mol. The van der Waals surface area contributed by atoms with Crippen molar-refractivity contribution in [2.75, 3.05) is 26.9 Å². The van der Waals surface area contributed by atoms with Gasteiger partial charge in [0.25, 0.3) is 0 Å². The molecule has 1 atom stereocenters. The van der Waals surface area contributed by atoms with Crippen LogP contribution in [0.15, 0.2) is 18.2 Å². The van der Waals surface area contributed by atoms with Crippen LogP contribution in [0.3, 0.4) is 0 Å². The quantitative estimate of drug-likeness (QED) is 0.150. The molecule has 0 spiro atoms. The van der Waals surface area contributed by atoms with E-state index in [1.807, 2.05) is 0 Å². The number of hydrogen-bond donors (Lipinski definition) is 1. The summed E-state index contributed by atoms with van der Waals surface area (Å²) in [6, 6.07) is 7.36. The van der Waals surface area contributed by atoms with Crippen LogP contribution in [0.5, 0.6) is 5.75 Å². The van der Waals surface area contributed by atoms with Crippen LogP contribution in [0.1, 0.15) is 121 Å². The highest BCUT2D eigenvalue weighted by molar-refractivity contribution is 5.41. The van der Waals surface area contributed by atoms with Crippen LogP contribution in [-0.2, 0) is 16.1 Å². The first kappa shape index (κ1) is 31.4. The molecule has 1 unspecified atom stereocenters. The second-order valence-electron chi connectivity index (χ2n) is 9.63. The SMILES string of the molecule is CCCCCCCCCCCCCCCCCCOCC(CO)OCc1cc(C#N)ccc1OC. The molecule has 1 N–H and O–H groups in total. The van der Waals surface area contributed by atoms with Crippen LogP contribution in [0.25, 0.3) is 0 Å². The number of nitriles is 1. The molecule has 0 heterocycles. The Balaban J connectivity index is 1.94. The third kappa shape index (κ3) is 16.6. The monoisotopic (exact) mass is 489 g/mol. The van der Waals surface area contributed by atoms with Crippen LogP contribution >= 0.6 is 0 Å². The van der Waals surface area contributed by atoms with E-state index in [1.54, 1.807) is 25.3 Å². The van der Waals surface area contributed by atoms with Crippen molar-refractivity contribution in [1.82, 2.24) is 0 Å². The van der Waals surface area contributed by atoms with Gasteiger partial charge in [0.2, 0.25) is 0 Å². The number of benzene rings is 1. The normalized spacial score (nSPS) is 11.9. The molecule has 0 aliphatic rings. The molecule has 1 aromatic carbocycles. The van der Waals surface area contributed by atoms with E-state index < -0.39 is 0 Å². The van der Waals surface area contributed by atoms with Crippen molar-refractivity contribution in [3.8, 4) is 11.8 Å². The number of hydrogen-bond acceptors (Lipinski definition) is 5. The number of nitrogens with zero attached hydrogens (tertiary/aromatic N) is 1. The Labute approximate surface area is 215 Å². The van der Waals surface area contributed by atoms with E-state index in [1.165, 1.54) is 96.3 Å². The molecular weight excluding hydrogens is 438 g/mol. The summed E-state index contributed by atoms with van der Waals surface area (Å²) in [5.74, 6) is 0.676. The van der Waals surface area contributed by atoms with Gasteiger partial charge in [-0.1, -0.05) is 103 Å². The Hall–Kier alpha value is -1.61. The first-order valence-corrected chi connectivity index (χ1v) is 14.1. The Morgan fingerprint density at radius 3 is 1.86 bits per heavy atom. The third-order valence-electron chi connectivity index (χ3n) is 6.53. The summed E-state index contributed by atoms with van der Waals surface area (Å²) in [6.45, 7) is 3.52. The van der Waals surface area contributed by atoms with Crippen LogP contribution in [0, 0.1) is 11.3 Å². The zero-order valence-corrected chi connectivity index (χ0v) is 22.6. The molecule has 0 amide bonds. The first-order valence-electron chi connectivity index (χ1n) is 14.1. The third-order valence-corrected chi connectivity index (χ3v) is 6.53. The Kier molecular flexibility index (Phi) is 20.5. The van der Waals surface area contributed by atoms with Gasteiger partial charge in [-0.05, 0) is 24.6 Å². The lowest BCUT2D eigenvalue weighted by Gasteiger charge is -2.17. The minimum absolute atomic E-state index is 0.0980. The molecule has 1 aromatic rings. The number of rotatable bonds is 24. The predicted molar refractivity (Wildman–Crippen MR) is 144 cm³/mol. The molecule has 1 rings (SSSR count). The van der Waals surface area contributed by atoms with E-state index >= 15 is 0 Å². The van der Waals surface area contributed by atoms with Gasteiger partial charge in [0.1, 0.15) is 11.9 Å². The van der Waals surface area contributed by atoms with E-state index in [0.717, 1.165) is 12.0 Å². The van der Waals surface area contributed by atoms with Gasteiger partial charge in [-0.25, -0.2) is 0 Å². The van der Waals surface area contributed by atoms with E-state index in [4.69, 9.17) is 19.5 Å². The fourth-order valence-electron chi connectivity index (χ4n) is 4.29. The van der Waals surface area contributed by atoms with Crippen molar-refractivity contribution in [3.05, 3.63) is 29.3 Å². The highest BCUT2D eigenvalue weighted by Gasteiger charge is 2.11. The Morgan fingerprint density at radius 1 is 0.829 bits per heavy atom. The Morgan fingerprint density at radius 2 is 1.37 bits per heavy atom. The first-order chi connectivity index (χ1) is 17.2. The van der Waals surface area contributed by atoms with Crippen molar-refractivity contribution < 1.29 is 19.3 Å². The molecule has 0 saturated heterocycles. The second-order valence-corrected chi connectivity index (χ2v) is 9.63. The summed E-state index contributed by atoms with van der Waals surface area (Å²) >= 11 is 0. The van der Waals surface area contributed by atoms with Gasteiger partial charge in [-0.15, -0.1) is 0 Å². The van der Waals surface area contributed by atoms with Gasteiger partial charge in [-0.3, -0.25) is 0 Å². The molecule has 0 bridgehead atoms. The fraction of sp³-hybridized carbons (Fsp3) is 0.767. The van der Waals surface area contributed by atoms with Gasteiger partial charge in [-0.2, -0.15) is 5.26 Å². The van der Waals surface area contributed by atoms with Gasteiger partial charge >= 0.3 is 0 Å². The minimum atomic E-state index is -0.383. The van der Waals surface area contributed by atoms with E-state index in [2.05, 4.69) is 13.0 Å². The summed E-state index contributed by atoms with van der Waals surface area (Å²) in [5, 5.41) is 18.7. The van der Waals surface area contributed by atoms with E-state index in [-0.39, 0.29) is 19.3 Å². The van der Waals surface area contributed by atoms with Crippen molar-refractivity contribution >= 4 is 0 Å². The molecule has 0 aliphatic carbocycles. The second kappa shape index (κ2) is 22.8. The van der Waals surface area contributed by atoms with Gasteiger partial charge in [0.15, 0.2) is 0 Å². The van der Waals surface area contributed by atoms with Gasteiger partial charge < -0.3 is 19.3 Å². The van der Waals surface area contributed by atoms with Gasteiger partial charge in [0, 0.05) is 12.2 Å². The molecule has 200 valence electrons. The zero-order chi connectivity index (χ0) is 25.4. The predicted octanol–water partition coefficient (Wildman–Crippen LogP) is 7.72. The molecule has 35 heavy (non-hydrogen) atoms. The smallest absolute Gasteiger partial charge is 0.124 e. The van der Waals surface area contributed by atoms with E-state index in [0.29, 0.717) is 24.5 Å². The number of unbranched alkanes of at least 4 members (excludes halogenated alkanes) is 15. The van der Waals surface area contributed by atoms with Crippen LogP contribution in [-0.4, -0.2) is 38.1 Å². The summed E-state index contributed by atoms with van der Waals surface area (Å²) in [6.07, 6.45) is 21.3.